The molecule has 124 valence electrons. The van der Waals surface area contributed by atoms with Gasteiger partial charge in [-0.25, -0.2) is 0 Å². The molecule has 0 aliphatic rings. The Morgan fingerprint density at radius 3 is 2.50 bits per heavy atom. The smallest absolute Gasteiger partial charge is 0.276 e. The van der Waals surface area contributed by atoms with Crippen molar-refractivity contribution in [3.8, 4) is 17.2 Å². The summed E-state index contributed by atoms with van der Waals surface area (Å²) in [6.07, 6.45) is 0.940. The Bertz CT molecular complexity index is 812. The lowest BCUT2D eigenvalue weighted by atomic mass is 10.1. The molecule has 5 heteroatoms. The highest BCUT2D eigenvalue weighted by atomic mass is 32.2. The van der Waals surface area contributed by atoms with Crippen molar-refractivity contribution in [1.29, 1.82) is 0 Å². The van der Waals surface area contributed by atoms with Gasteiger partial charge in [0.15, 0.2) is 0 Å². The highest BCUT2D eigenvalue weighted by Crippen LogP contribution is 2.25. The van der Waals surface area contributed by atoms with Crippen molar-refractivity contribution < 1.29 is 9.15 Å². The molecule has 0 N–H and O–H groups in total. The molecule has 0 radical (unpaired) electrons. The first kappa shape index (κ1) is 16.6. The zero-order valence-corrected chi connectivity index (χ0v) is 14.9. The van der Waals surface area contributed by atoms with Gasteiger partial charge in [-0.05, 0) is 61.2 Å². The van der Waals surface area contributed by atoms with E-state index in [1.165, 1.54) is 16.7 Å². The first-order valence-electron chi connectivity index (χ1n) is 7.82. The van der Waals surface area contributed by atoms with Gasteiger partial charge in [-0.2, -0.15) is 0 Å². The van der Waals surface area contributed by atoms with Crippen LogP contribution in [-0.4, -0.2) is 23.1 Å². The van der Waals surface area contributed by atoms with E-state index in [9.17, 15) is 0 Å². The number of thioether (sulfide) groups is 1. The van der Waals surface area contributed by atoms with Crippen molar-refractivity contribution in [3.05, 3.63) is 59.2 Å². The number of hydrogen-bond donors (Lipinski definition) is 0. The monoisotopic (exact) mass is 340 g/mol. The molecule has 24 heavy (non-hydrogen) atoms. The zero-order chi connectivity index (χ0) is 16.9. The van der Waals surface area contributed by atoms with Crippen LogP contribution < -0.4 is 4.74 Å². The summed E-state index contributed by atoms with van der Waals surface area (Å²) in [6, 6.07) is 14.3. The molecule has 0 aliphatic heterocycles. The van der Waals surface area contributed by atoms with Crippen LogP contribution in [0.2, 0.25) is 0 Å². The number of rotatable bonds is 6. The quantitative estimate of drug-likeness (QED) is 0.609. The summed E-state index contributed by atoms with van der Waals surface area (Å²) in [4.78, 5) is 0. The molecule has 0 saturated carbocycles. The fourth-order valence-electron chi connectivity index (χ4n) is 2.31. The largest absolute Gasteiger partial charge is 0.497 e. The van der Waals surface area contributed by atoms with Crippen LogP contribution in [0.4, 0.5) is 0 Å². The van der Waals surface area contributed by atoms with Gasteiger partial charge < -0.3 is 9.15 Å². The predicted octanol–water partition coefficient (Wildman–Crippen LogP) is 4.70. The van der Waals surface area contributed by atoms with Crippen molar-refractivity contribution >= 4 is 11.8 Å². The number of methoxy groups -OCH3 is 1. The Morgan fingerprint density at radius 1 is 1.00 bits per heavy atom. The molecule has 0 aliphatic carbocycles. The SMILES string of the molecule is COc1ccc(CCSc2nnc(-c3ccc(C)c(C)c3)o2)cc1. The summed E-state index contributed by atoms with van der Waals surface area (Å²) in [6.45, 7) is 4.17. The summed E-state index contributed by atoms with van der Waals surface area (Å²) >= 11 is 1.58. The molecule has 0 bridgehead atoms. The molecule has 0 unspecified atom stereocenters. The molecule has 0 atom stereocenters. The molecule has 0 saturated heterocycles. The fraction of sp³-hybridized carbons (Fsp3) is 0.263. The van der Waals surface area contributed by atoms with Gasteiger partial charge in [0.05, 0.1) is 7.11 Å². The summed E-state index contributed by atoms with van der Waals surface area (Å²) in [5.74, 6) is 2.34. The minimum atomic E-state index is 0.574. The molecule has 0 amide bonds. The number of hydrogen-bond acceptors (Lipinski definition) is 5. The molecule has 2 aromatic carbocycles. The second-order valence-electron chi connectivity index (χ2n) is 5.62. The van der Waals surface area contributed by atoms with Gasteiger partial charge in [-0.1, -0.05) is 30.0 Å². The third-order valence-electron chi connectivity index (χ3n) is 3.94. The van der Waals surface area contributed by atoms with Crippen LogP contribution in [0.3, 0.4) is 0 Å². The minimum absolute atomic E-state index is 0.574. The fourth-order valence-corrected chi connectivity index (χ4v) is 3.06. The molecular weight excluding hydrogens is 320 g/mol. The summed E-state index contributed by atoms with van der Waals surface area (Å²) < 4.78 is 10.9. The number of benzene rings is 2. The second-order valence-corrected chi connectivity index (χ2v) is 6.66. The summed E-state index contributed by atoms with van der Waals surface area (Å²) in [5.41, 5.74) is 4.71. The third-order valence-corrected chi connectivity index (χ3v) is 4.76. The van der Waals surface area contributed by atoms with E-state index in [-0.39, 0.29) is 0 Å². The van der Waals surface area contributed by atoms with E-state index < -0.39 is 0 Å². The third kappa shape index (κ3) is 3.97. The van der Waals surface area contributed by atoms with Gasteiger partial charge in [0.2, 0.25) is 5.89 Å². The van der Waals surface area contributed by atoms with Crippen LogP contribution in [-0.2, 0) is 6.42 Å². The van der Waals surface area contributed by atoms with E-state index in [0.29, 0.717) is 11.1 Å². The number of nitrogens with zero attached hydrogens (tertiary/aromatic N) is 2. The Balaban J connectivity index is 1.58. The van der Waals surface area contributed by atoms with E-state index >= 15 is 0 Å². The van der Waals surface area contributed by atoms with Crippen LogP contribution in [0.5, 0.6) is 5.75 Å². The molecule has 1 aromatic heterocycles. The maximum absolute atomic E-state index is 5.76. The van der Waals surface area contributed by atoms with Crippen molar-refractivity contribution in [2.75, 3.05) is 12.9 Å². The van der Waals surface area contributed by atoms with Crippen LogP contribution in [0, 0.1) is 13.8 Å². The van der Waals surface area contributed by atoms with E-state index in [1.807, 2.05) is 18.2 Å². The lowest BCUT2D eigenvalue weighted by molar-refractivity contribution is 0.414. The normalized spacial score (nSPS) is 10.8. The average Bonchev–Trinajstić information content (AvgIpc) is 3.07. The van der Waals surface area contributed by atoms with E-state index in [4.69, 9.17) is 9.15 Å². The first-order valence-corrected chi connectivity index (χ1v) is 8.81. The van der Waals surface area contributed by atoms with Crippen LogP contribution in [0.15, 0.2) is 52.1 Å². The van der Waals surface area contributed by atoms with Crippen molar-refractivity contribution in [2.45, 2.75) is 25.5 Å². The maximum Gasteiger partial charge on any atom is 0.276 e. The van der Waals surface area contributed by atoms with Gasteiger partial charge >= 0.3 is 0 Å². The molecule has 4 nitrogen and oxygen atoms in total. The first-order chi connectivity index (χ1) is 11.7. The zero-order valence-electron chi connectivity index (χ0n) is 14.1. The van der Waals surface area contributed by atoms with Crippen molar-refractivity contribution in [2.24, 2.45) is 0 Å². The summed E-state index contributed by atoms with van der Waals surface area (Å²) in [5, 5.41) is 8.89. The highest BCUT2D eigenvalue weighted by Gasteiger charge is 2.10. The van der Waals surface area contributed by atoms with E-state index in [1.54, 1.807) is 18.9 Å². The maximum atomic E-state index is 5.76. The van der Waals surface area contributed by atoms with Crippen LogP contribution in [0.25, 0.3) is 11.5 Å². The minimum Gasteiger partial charge on any atom is -0.497 e. The Labute approximate surface area is 146 Å². The Hall–Kier alpha value is -2.27. The van der Waals surface area contributed by atoms with Gasteiger partial charge in [0.1, 0.15) is 5.75 Å². The summed E-state index contributed by atoms with van der Waals surface area (Å²) in [7, 11) is 1.67. The standard InChI is InChI=1S/C19H20N2O2S/c1-13-4-7-16(12-14(13)2)18-20-21-19(23-18)24-11-10-15-5-8-17(22-3)9-6-15/h4-9,12H,10-11H2,1-3H3. The number of aryl methyl sites for hydroxylation is 3. The lowest BCUT2D eigenvalue weighted by Crippen LogP contribution is -1.89. The number of aromatic nitrogens is 2. The van der Waals surface area contributed by atoms with Crippen LogP contribution >= 0.6 is 11.8 Å². The molecule has 0 fully saturated rings. The van der Waals surface area contributed by atoms with Crippen molar-refractivity contribution in [1.82, 2.24) is 10.2 Å². The predicted molar refractivity (Wildman–Crippen MR) is 96.6 cm³/mol. The Morgan fingerprint density at radius 2 is 1.79 bits per heavy atom. The molecular formula is C19H20N2O2S. The molecule has 0 spiro atoms. The van der Waals surface area contributed by atoms with Gasteiger partial charge in [0.25, 0.3) is 5.22 Å². The van der Waals surface area contributed by atoms with Gasteiger partial charge in [-0.3, -0.25) is 0 Å². The molecule has 3 aromatic rings. The van der Waals surface area contributed by atoms with E-state index in [0.717, 1.165) is 23.5 Å². The molecule has 1 heterocycles. The molecule has 3 rings (SSSR count). The average molecular weight is 340 g/mol. The van der Waals surface area contributed by atoms with Gasteiger partial charge in [0, 0.05) is 11.3 Å². The topological polar surface area (TPSA) is 48.2 Å². The van der Waals surface area contributed by atoms with Crippen LogP contribution in [0.1, 0.15) is 16.7 Å². The van der Waals surface area contributed by atoms with E-state index in [2.05, 4.69) is 48.3 Å². The van der Waals surface area contributed by atoms with Gasteiger partial charge in [-0.15, -0.1) is 10.2 Å². The lowest BCUT2D eigenvalue weighted by Gasteiger charge is -2.02. The number of ether oxygens (including phenoxy) is 1. The van der Waals surface area contributed by atoms with Crippen molar-refractivity contribution in [3.63, 3.8) is 0 Å². The Kier molecular flexibility index (Phi) is 5.20. The second kappa shape index (κ2) is 7.53. The highest BCUT2D eigenvalue weighted by molar-refractivity contribution is 7.99.